The number of rotatable bonds is 2. The highest BCUT2D eigenvalue weighted by Crippen LogP contribution is 2.20. The average Bonchev–Trinajstić information content (AvgIpc) is 2.11. The van der Waals surface area contributed by atoms with E-state index in [4.69, 9.17) is 16.7 Å². The van der Waals surface area contributed by atoms with Crippen molar-refractivity contribution in [1.29, 1.82) is 0 Å². The quantitative estimate of drug-likeness (QED) is 0.789. The molecule has 0 saturated carbocycles. The highest BCUT2D eigenvalue weighted by Gasteiger charge is 2.10. The fourth-order valence-corrected chi connectivity index (χ4v) is 1.14. The first-order valence-corrected chi connectivity index (χ1v) is 4.63. The molecule has 4 heteroatoms. The van der Waals surface area contributed by atoms with Crippen LogP contribution in [-0.4, -0.2) is 17.1 Å². The molecule has 0 saturated heterocycles. The number of benzene rings is 1. The van der Waals surface area contributed by atoms with Gasteiger partial charge in [0.1, 0.15) is 6.10 Å². The highest BCUT2D eigenvalue weighted by atomic mass is 35.5. The Morgan fingerprint density at radius 1 is 1.57 bits per heavy atom. The van der Waals surface area contributed by atoms with E-state index in [2.05, 4.69) is 5.32 Å². The normalized spacial score (nSPS) is 12.3. The van der Waals surface area contributed by atoms with E-state index in [9.17, 15) is 4.79 Å². The lowest BCUT2D eigenvalue weighted by Gasteiger charge is -2.09. The first-order valence-electron chi connectivity index (χ1n) is 4.26. The van der Waals surface area contributed by atoms with Crippen LogP contribution in [0.4, 0.5) is 5.69 Å². The van der Waals surface area contributed by atoms with E-state index in [0.29, 0.717) is 10.7 Å². The van der Waals surface area contributed by atoms with Crippen molar-refractivity contribution in [2.75, 3.05) is 5.32 Å². The minimum atomic E-state index is -1.02. The summed E-state index contributed by atoms with van der Waals surface area (Å²) in [7, 11) is 0. The molecule has 0 aliphatic carbocycles. The Morgan fingerprint density at radius 2 is 2.21 bits per heavy atom. The number of carbonyl (C=O) groups is 1. The monoisotopic (exact) mass is 213 g/mol. The molecular weight excluding hydrogens is 202 g/mol. The predicted molar refractivity (Wildman–Crippen MR) is 56.5 cm³/mol. The number of aliphatic hydroxyl groups is 1. The van der Waals surface area contributed by atoms with Gasteiger partial charge in [0.25, 0.3) is 5.91 Å². The maximum atomic E-state index is 11.2. The van der Waals surface area contributed by atoms with Crippen molar-refractivity contribution >= 4 is 23.2 Å². The molecule has 0 spiro atoms. The van der Waals surface area contributed by atoms with Gasteiger partial charge in [-0.05, 0) is 31.5 Å². The van der Waals surface area contributed by atoms with E-state index < -0.39 is 12.0 Å². The van der Waals surface area contributed by atoms with Crippen molar-refractivity contribution in [2.24, 2.45) is 0 Å². The summed E-state index contributed by atoms with van der Waals surface area (Å²) in [6, 6.07) is 5.20. The second-order valence-electron chi connectivity index (χ2n) is 3.12. The lowest BCUT2D eigenvalue weighted by molar-refractivity contribution is -0.123. The molecule has 0 radical (unpaired) electrons. The smallest absolute Gasteiger partial charge is 0.252 e. The zero-order chi connectivity index (χ0) is 10.7. The van der Waals surface area contributed by atoms with Crippen LogP contribution in [0.1, 0.15) is 12.5 Å². The van der Waals surface area contributed by atoms with E-state index in [1.165, 1.54) is 6.92 Å². The molecule has 3 nitrogen and oxygen atoms in total. The summed E-state index contributed by atoms with van der Waals surface area (Å²) in [6.45, 7) is 3.27. The molecule has 14 heavy (non-hydrogen) atoms. The van der Waals surface area contributed by atoms with Crippen LogP contribution in [0.5, 0.6) is 0 Å². The fourth-order valence-electron chi connectivity index (χ4n) is 0.966. The number of carbonyl (C=O) groups excluding carboxylic acids is 1. The van der Waals surface area contributed by atoms with Gasteiger partial charge in [-0.3, -0.25) is 4.79 Å². The Bertz CT molecular complexity index is 350. The minimum Gasteiger partial charge on any atom is -0.384 e. The Morgan fingerprint density at radius 3 is 2.79 bits per heavy atom. The molecule has 1 aromatic carbocycles. The number of aryl methyl sites for hydroxylation is 1. The van der Waals surface area contributed by atoms with Gasteiger partial charge in [-0.2, -0.15) is 0 Å². The van der Waals surface area contributed by atoms with Gasteiger partial charge in [0.15, 0.2) is 0 Å². The van der Waals surface area contributed by atoms with Crippen LogP contribution in [0, 0.1) is 6.92 Å². The lowest BCUT2D eigenvalue weighted by atomic mass is 10.2. The van der Waals surface area contributed by atoms with E-state index in [1.54, 1.807) is 18.2 Å². The van der Waals surface area contributed by atoms with Crippen molar-refractivity contribution in [2.45, 2.75) is 20.0 Å². The van der Waals surface area contributed by atoms with Gasteiger partial charge in [-0.1, -0.05) is 17.7 Å². The van der Waals surface area contributed by atoms with Crippen LogP contribution in [-0.2, 0) is 4.79 Å². The lowest BCUT2D eigenvalue weighted by Crippen LogP contribution is -2.24. The maximum Gasteiger partial charge on any atom is 0.252 e. The van der Waals surface area contributed by atoms with E-state index >= 15 is 0 Å². The molecule has 76 valence electrons. The summed E-state index contributed by atoms with van der Waals surface area (Å²) in [6.07, 6.45) is -1.02. The average molecular weight is 214 g/mol. The third-order valence-electron chi connectivity index (χ3n) is 1.84. The number of aliphatic hydroxyl groups excluding tert-OH is 1. The zero-order valence-corrected chi connectivity index (χ0v) is 8.80. The van der Waals surface area contributed by atoms with Gasteiger partial charge in [-0.15, -0.1) is 0 Å². The Balaban J connectivity index is 2.86. The minimum absolute atomic E-state index is 0.435. The summed E-state index contributed by atoms with van der Waals surface area (Å²) in [4.78, 5) is 11.2. The Hall–Kier alpha value is -1.06. The van der Waals surface area contributed by atoms with Crippen LogP contribution in [0.25, 0.3) is 0 Å². The summed E-state index contributed by atoms with van der Waals surface area (Å²) in [5.41, 5.74) is 1.53. The molecule has 0 aliphatic heterocycles. The van der Waals surface area contributed by atoms with Gasteiger partial charge < -0.3 is 10.4 Å². The van der Waals surface area contributed by atoms with Gasteiger partial charge in [0.05, 0.1) is 0 Å². The first-order chi connectivity index (χ1) is 6.50. The van der Waals surface area contributed by atoms with Gasteiger partial charge in [-0.25, -0.2) is 0 Å². The second kappa shape index (κ2) is 4.44. The van der Waals surface area contributed by atoms with Crippen molar-refractivity contribution in [3.8, 4) is 0 Å². The molecule has 2 N–H and O–H groups in total. The van der Waals surface area contributed by atoms with E-state index in [-0.39, 0.29) is 0 Å². The predicted octanol–water partition coefficient (Wildman–Crippen LogP) is 1.97. The van der Waals surface area contributed by atoms with Crippen molar-refractivity contribution in [1.82, 2.24) is 0 Å². The molecule has 0 heterocycles. The standard InChI is InChI=1S/C10H12ClNO2/c1-6-3-4-8(11)5-9(6)12-10(14)7(2)13/h3-5,7,13H,1-2H3,(H,12,14). The molecule has 0 bridgehead atoms. The molecule has 0 aliphatic rings. The summed E-state index contributed by atoms with van der Waals surface area (Å²) in [5.74, 6) is -0.435. The number of nitrogens with one attached hydrogen (secondary N) is 1. The van der Waals surface area contributed by atoms with Crippen molar-refractivity contribution in [3.63, 3.8) is 0 Å². The summed E-state index contributed by atoms with van der Waals surface area (Å²) in [5, 5.41) is 12.1. The Kier molecular flexibility index (Phi) is 3.49. The highest BCUT2D eigenvalue weighted by molar-refractivity contribution is 6.31. The maximum absolute atomic E-state index is 11.2. The van der Waals surface area contributed by atoms with Crippen LogP contribution < -0.4 is 5.32 Å². The number of hydrogen-bond donors (Lipinski definition) is 2. The first kappa shape index (κ1) is 11.0. The van der Waals surface area contributed by atoms with Gasteiger partial charge >= 0.3 is 0 Å². The molecule has 1 unspecified atom stereocenters. The molecular formula is C10H12ClNO2. The second-order valence-corrected chi connectivity index (χ2v) is 3.56. The third-order valence-corrected chi connectivity index (χ3v) is 2.07. The third kappa shape index (κ3) is 2.72. The van der Waals surface area contributed by atoms with Crippen molar-refractivity contribution in [3.05, 3.63) is 28.8 Å². The number of anilines is 1. The van der Waals surface area contributed by atoms with Crippen LogP contribution >= 0.6 is 11.6 Å². The zero-order valence-electron chi connectivity index (χ0n) is 8.04. The topological polar surface area (TPSA) is 49.3 Å². The van der Waals surface area contributed by atoms with Crippen molar-refractivity contribution < 1.29 is 9.90 Å². The van der Waals surface area contributed by atoms with E-state index in [0.717, 1.165) is 5.56 Å². The fraction of sp³-hybridized carbons (Fsp3) is 0.300. The van der Waals surface area contributed by atoms with Gasteiger partial charge in [0, 0.05) is 10.7 Å². The number of amides is 1. The van der Waals surface area contributed by atoms with Crippen LogP contribution in [0.15, 0.2) is 18.2 Å². The van der Waals surface area contributed by atoms with Gasteiger partial charge in [0.2, 0.25) is 0 Å². The SMILES string of the molecule is Cc1ccc(Cl)cc1NC(=O)C(C)O. The summed E-state index contributed by atoms with van der Waals surface area (Å²) < 4.78 is 0. The van der Waals surface area contributed by atoms with Crippen LogP contribution in [0.3, 0.4) is 0 Å². The summed E-state index contributed by atoms with van der Waals surface area (Å²) >= 11 is 5.77. The molecule has 1 atom stereocenters. The molecule has 1 aromatic rings. The molecule has 1 amide bonds. The largest absolute Gasteiger partial charge is 0.384 e. The van der Waals surface area contributed by atoms with Crippen LogP contribution in [0.2, 0.25) is 5.02 Å². The van der Waals surface area contributed by atoms with E-state index in [1.807, 2.05) is 6.92 Å². The number of hydrogen-bond acceptors (Lipinski definition) is 2. The number of halogens is 1. The molecule has 1 rings (SSSR count). The molecule has 0 fully saturated rings. The Labute approximate surface area is 87.7 Å². The molecule has 0 aromatic heterocycles.